The molecule has 0 amide bonds. The fourth-order valence-electron chi connectivity index (χ4n) is 4.48. The van der Waals surface area contributed by atoms with Crippen LogP contribution in [0.3, 0.4) is 0 Å². The van der Waals surface area contributed by atoms with E-state index in [9.17, 15) is 0 Å². The van der Waals surface area contributed by atoms with Gasteiger partial charge in [0.05, 0.1) is 28.4 Å². The highest BCUT2D eigenvalue weighted by atomic mass is 16.5. The molecule has 0 radical (unpaired) electrons. The molecule has 0 bridgehead atoms. The van der Waals surface area contributed by atoms with E-state index in [1.165, 1.54) is 0 Å². The molecule has 5 heteroatoms. The van der Waals surface area contributed by atoms with Crippen molar-refractivity contribution in [3.05, 3.63) is 95.6 Å². The van der Waals surface area contributed by atoms with Crippen molar-refractivity contribution in [2.45, 2.75) is 5.60 Å². The highest BCUT2D eigenvalue weighted by molar-refractivity contribution is 5.98. The van der Waals surface area contributed by atoms with Crippen LogP contribution in [0.5, 0.6) is 28.7 Å². The van der Waals surface area contributed by atoms with E-state index < -0.39 is 5.60 Å². The maximum atomic E-state index is 6.87. The van der Waals surface area contributed by atoms with E-state index in [0.29, 0.717) is 0 Å². The van der Waals surface area contributed by atoms with E-state index in [2.05, 4.69) is 12.2 Å². The maximum absolute atomic E-state index is 6.87. The summed E-state index contributed by atoms with van der Waals surface area (Å²) in [4.78, 5) is 0. The first-order valence-electron chi connectivity index (χ1n) is 11.0. The molecule has 0 atom stereocenters. The summed E-state index contributed by atoms with van der Waals surface area (Å²) < 4.78 is 28.8. The first-order valence-corrected chi connectivity index (χ1v) is 11.0. The van der Waals surface area contributed by atoms with Gasteiger partial charge in [0.25, 0.3) is 0 Å². The van der Waals surface area contributed by atoms with Gasteiger partial charge < -0.3 is 23.7 Å². The predicted molar refractivity (Wildman–Crippen MR) is 133 cm³/mol. The van der Waals surface area contributed by atoms with E-state index in [1.807, 2.05) is 72.8 Å². The van der Waals surface area contributed by atoms with Crippen molar-refractivity contribution in [2.75, 3.05) is 28.4 Å². The van der Waals surface area contributed by atoms with E-state index in [0.717, 1.165) is 56.2 Å². The molecule has 4 aromatic carbocycles. The van der Waals surface area contributed by atoms with Crippen molar-refractivity contribution in [2.24, 2.45) is 0 Å². The summed E-state index contributed by atoms with van der Waals surface area (Å²) in [6.45, 7) is 0. The van der Waals surface area contributed by atoms with Gasteiger partial charge in [-0.3, -0.25) is 0 Å². The molecule has 1 aliphatic rings. The second-order valence-electron chi connectivity index (χ2n) is 8.03. The Hall–Kier alpha value is -4.12. The van der Waals surface area contributed by atoms with Gasteiger partial charge in [-0.05, 0) is 60.0 Å². The minimum atomic E-state index is -0.837. The van der Waals surface area contributed by atoms with Crippen LogP contribution in [0.1, 0.15) is 16.7 Å². The van der Waals surface area contributed by atoms with Crippen LogP contribution >= 0.6 is 0 Å². The Morgan fingerprint density at radius 1 is 0.588 bits per heavy atom. The molecular weight excluding hydrogens is 428 g/mol. The van der Waals surface area contributed by atoms with Crippen LogP contribution in [-0.2, 0) is 5.60 Å². The van der Waals surface area contributed by atoms with Crippen LogP contribution < -0.4 is 23.7 Å². The molecule has 5 rings (SSSR count). The summed E-state index contributed by atoms with van der Waals surface area (Å²) in [5, 5.41) is 2.00. The third-order valence-electron chi connectivity index (χ3n) is 6.32. The molecule has 1 heterocycles. The lowest BCUT2D eigenvalue weighted by Gasteiger charge is -2.36. The van der Waals surface area contributed by atoms with Gasteiger partial charge in [-0.25, -0.2) is 0 Å². The van der Waals surface area contributed by atoms with Crippen molar-refractivity contribution in [1.82, 2.24) is 0 Å². The molecule has 172 valence electrons. The molecule has 0 N–H and O–H groups in total. The van der Waals surface area contributed by atoms with E-state index in [-0.39, 0.29) is 0 Å². The van der Waals surface area contributed by atoms with Gasteiger partial charge >= 0.3 is 0 Å². The summed E-state index contributed by atoms with van der Waals surface area (Å²) in [6, 6.07) is 23.8. The van der Waals surface area contributed by atoms with Crippen molar-refractivity contribution >= 4 is 16.8 Å². The Morgan fingerprint density at radius 2 is 1.15 bits per heavy atom. The third kappa shape index (κ3) is 3.50. The second-order valence-corrected chi connectivity index (χ2v) is 8.03. The van der Waals surface area contributed by atoms with Crippen LogP contribution in [0.4, 0.5) is 0 Å². The number of methoxy groups -OCH3 is 4. The fourth-order valence-corrected chi connectivity index (χ4v) is 4.48. The smallest absolute Gasteiger partial charge is 0.178 e. The zero-order valence-electron chi connectivity index (χ0n) is 19.6. The van der Waals surface area contributed by atoms with Crippen LogP contribution in [-0.4, -0.2) is 28.4 Å². The molecule has 5 nitrogen and oxygen atoms in total. The van der Waals surface area contributed by atoms with Gasteiger partial charge in [-0.2, -0.15) is 0 Å². The number of rotatable bonds is 6. The van der Waals surface area contributed by atoms with Gasteiger partial charge in [0.15, 0.2) is 5.60 Å². The van der Waals surface area contributed by atoms with E-state index in [4.69, 9.17) is 23.7 Å². The molecule has 0 saturated heterocycles. The molecule has 4 aromatic rings. The van der Waals surface area contributed by atoms with Gasteiger partial charge in [0.1, 0.15) is 28.7 Å². The Morgan fingerprint density at radius 3 is 1.68 bits per heavy atom. The van der Waals surface area contributed by atoms with Crippen LogP contribution in [0, 0.1) is 0 Å². The highest BCUT2D eigenvalue weighted by Crippen LogP contribution is 2.47. The topological polar surface area (TPSA) is 46.2 Å². The molecule has 1 aliphatic heterocycles. The Balaban J connectivity index is 1.71. The normalized spacial score (nSPS) is 13.6. The lowest BCUT2D eigenvalue weighted by Crippen LogP contribution is -2.34. The number of ether oxygens (including phenoxy) is 5. The summed E-state index contributed by atoms with van der Waals surface area (Å²) in [5.74, 6) is 3.81. The standard InChI is InChI=1S/C29H26O5/c1-30-21-9-5-19(6-10-21)29(20-7-11-22(31-2)12-8-20)16-15-25-24-14-13-23(32-3)17-26(24)27(33-4)18-28(25)34-29/h5-18H,1-4H3. The van der Waals surface area contributed by atoms with Gasteiger partial charge in [0, 0.05) is 28.1 Å². The molecular formula is C29H26O5. The average Bonchev–Trinajstić information content (AvgIpc) is 2.91. The van der Waals surface area contributed by atoms with Crippen molar-refractivity contribution in [3.63, 3.8) is 0 Å². The summed E-state index contributed by atoms with van der Waals surface area (Å²) in [7, 11) is 6.65. The molecule has 0 fully saturated rings. The molecule has 34 heavy (non-hydrogen) atoms. The summed E-state index contributed by atoms with van der Waals surface area (Å²) in [5.41, 5.74) is 2.12. The first-order chi connectivity index (χ1) is 16.6. The van der Waals surface area contributed by atoms with E-state index >= 15 is 0 Å². The average molecular weight is 455 g/mol. The first kappa shape index (κ1) is 21.7. The van der Waals surface area contributed by atoms with Gasteiger partial charge in [-0.15, -0.1) is 0 Å². The Labute approximate surface area is 199 Å². The van der Waals surface area contributed by atoms with E-state index in [1.54, 1.807) is 28.4 Å². The van der Waals surface area contributed by atoms with Crippen LogP contribution in [0.25, 0.3) is 16.8 Å². The number of hydrogen-bond acceptors (Lipinski definition) is 5. The zero-order chi connectivity index (χ0) is 23.7. The van der Waals surface area contributed by atoms with Crippen molar-refractivity contribution < 1.29 is 23.7 Å². The van der Waals surface area contributed by atoms with Gasteiger partial charge in [-0.1, -0.05) is 24.3 Å². The zero-order valence-corrected chi connectivity index (χ0v) is 19.6. The van der Waals surface area contributed by atoms with Crippen molar-refractivity contribution in [1.29, 1.82) is 0 Å². The minimum Gasteiger partial charge on any atom is -0.497 e. The fraction of sp³-hybridized carbons (Fsp3) is 0.172. The summed E-state index contributed by atoms with van der Waals surface area (Å²) >= 11 is 0. The lowest BCUT2D eigenvalue weighted by atomic mass is 9.83. The minimum absolute atomic E-state index is 0.723. The van der Waals surface area contributed by atoms with Crippen LogP contribution in [0.2, 0.25) is 0 Å². The highest BCUT2D eigenvalue weighted by Gasteiger charge is 2.38. The number of fused-ring (bicyclic) bond motifs is 3. The Kier molecular flexibility index (Phi) is 5.54. The van der Waals surface area contributed by atoms with Crippen molar-refractivity contribution in [3.8, 4) is 28.7 Å². The lowest BCUT2D eigenvalue weighted by molar-refractivity contribution is 0.160. The predicted octanol–water partition coefficient (Wildman–Crippen LogP) is 6.22. The maximum Gasteiger partial charge on any atom is 0.178 e. The monoisotopic (exact) mass is 454 g/mol. The van der Waals surface area contributed by atoms with Crippen LogP contribution in [0.15, 0.2) is 78.9 Å². The quantitative estimate of drug-likeness (QED) is 0.346. The molecule has 0 aromatic heterocycles. The summed E-state index contributed by atoms with van der Waals surface area (Å²) in [6.07, 6.45) is 4.23. The number of hydrogen-bond donors (Lipinski definition) is 0. The molecule has 0 saturated carbocycles. The molecule has 0 aliphatic carbocycles. The molecule has 0 spiro atoms. The van der Waals surface area contributed by atoms with Gasteiger partial charge in [0.2, 0.25) is 0 Å². The largest absolute Gasteiger partial charge is 0.497 e. The SMILES string of the molecule is COc1ccc(C2(c3ccc(OC)cc3)C=Cc3c(cc(OC)c4cc(OC)ccc34)O2)cc1. The third-order valence-corrected chi connectivity index (χ3v) is 6.32. The second kappa shape index (κ2) is 8.67. The number of benzene rings is 4. The molecule has 0 unspecified atom stereocenters. The Bertz CT molecular complexity index is 1310.